The topological polar surface area (TPSA) is 76.5 Å². The Hall–Kier alpha value is -2.21. The minimum Gasteiger partial charge on any atom is -0.485 e. The minimum absolute atomic E-state index is 0.108. The molecule has 6 heteroatoms. The van der Waals surface area contributed by atoms with Gasteiger partial charge in [-0.1, -0.05) is 12.1 Å². The summed E-state index contributed by atoms with van der Waals surface area (Å²) in [5.41, 5.74) is 1.44. The van der Waals surface area contributed by atoms with Crippen LogP contribution in [0.5, 0.6) is 5.75 Å². The van der Waals surface area contributed by atoms with Crippen LogP contribution in [0.3, 0.4) is 0 Å². The first-order valence-corrected chi connectivity index (χ1v) is 6.81. The van der Waals surface area contributed by atoms with Crippen LogP contribution in [0.1, 0.15) is 21.1 Å². The van der Waals surface area contributed by atoms with Crippen molar-refractivity contribution in [3.63, 3.8) is 0 Å². The second-order valence-corrected chi connectivity index (χ2v) is 5.10. The molecule has 1 aromatic carbocycles. The highest BCUT2D eigenvalue weighted by Crippen LogP contribution is 2.15. The van der Waals surface area contributed by atoms with Crippen LogP contribution in [0, 0.1) is 6.92 Å². The molecule has 2 aromatic rings. The number of aliphatic carboxylic acids is 1. The second kappa shape index (κ2) is 6.29. The van der Waals surface area contributed by atoms with Gasteiger partial charge in [0.15, 0.2) is 11.6 Å². The van der Waals surface area contributed by atoms with E-state index in [9.17, 15) is 9.59 Å². The van der Waals surface area contributed by atoms with Crippen molar-refractivity contribution < 1.29 is 19.4 Å². The van der Waals surface area contributed by atoms with E-state index in [2.05, 4.69) is 4.98 Å². The summed E-state index contributed by atoms with van der Waals surface area (Å²) in [6.45, 7) is 1.83. The van der Waals surface area contributed by atoms with Crippen LogP contribution < -0.4 is 4.74 Å². The van der Waals surface area contributed by atoms with Crippen molar-refractivity contribution in [1.29, 1.82) is 0 Å². The van der Waals surface area contributed by atoms with Crippen LogP contribution in [0.2, 0.25) is 0 Å². The molecule has 1 aromatic heterocycles. The molecule has 0 fully saturated rings. The predicted octanol–water partition coefficient (Wildman–Crippen LogP) is 2.34. The van der Waals surface area contributed by atoms with Crippen LogP contribution in [0.4, 0.5) is 0 Å². The molecule has 0 aliphatic rings. The summed E-state index contributed by atoms with van der Waals surface area (Å²) < 4.78 is 5.39. The third kappa shape index (κ3) is 3.89. The van der Waals surface area contributed by atoms with Crippen molar-refractivity contribution in [1.82, 2.24) is 4.98 Å². The molecule has 0 saturated heterocycles. The Balaban J connectivity index is 1.95. The van der Waals surface area contributed by atoms with E-state index in [0.29, 0.717) is 11.4 Å². The van der Waals surface area contributed by atoms with Crippen LogP contribution in [0.15, 0.2) is 29.6 Å². The molecule has 0 bridgehead atoms. The van der Waals surface area contributed by atoms with Gasteiger partial charge in [0.1, 0.15) is 5.75 Å². The number of ketones is 1. The zero-order valence-corrected chi connectivity index (χ0v) is 11.6. The molecular formula is C14H13NO4S. The molecule has 2 rings (SSSR count). The van der Waals surface area contributed by atoms with Crippen molar-refractivity contribution in [3.05, 3.63) is 45.9 Å². The van der Waals surface area contributed by atoms with Crippen molar-refractivity contribution in [3.8, 4) is 5.75 Å². The van der Waals surface area contributed by atoms with E-state index in [4.69, 9.17) is 9.84 Å². The summed E-state index contributed by atoms with van der Waals surface area (Å²) in [6, 6.07) is 7.40. The minimum atomic E-state index is -0.967. The first kappa shape index (κ1) is 14.2. The van der Waals surface area contributed by atoms with E-state index >= 15 is 0 Å². The number of carbonyl (C=O) groups excluding carboxylic acids is 1. The molecule has 1 heterocycles. The number of ether oxygens (including phenoxy) is 1. The fourth-order valence-electron chi connectivity index (χ4n) is 1.59. The number of Topliss-reactive ketones (excluding diaryl/α,β-unsaturated/α-hetero) is 1. The van der Waals surface area contributed by atoms with Gasteiger partial charge in [-0.05, 0) is 24.6 Å². The van der Waals surface area contributed by atoms with Crippen molar-refractivity contribution >= 4 is 23.1 Å². The van der Waals surface area contributed by atoms with Crippen LogP contribution >= 0.6 is 11.3 Å². The smallest absolute Gasteiger partial charge is 0.309 e. The SMILES string of the molecule is Cc1cccc(OCC(=O)c2nc(CC(=O)O)cs2)c1. The fraction of sp³-hybridized carbons (Fsp3) is 0.214. The Morgan fingerprint density at radius 1 is 1.40 bits per heavy atom. The predicted molar refractivity (Wildman–Crippen MR) is 74.5 cm³/mol. The maximum Gasteiger partial charge on any atom is 0.309 e. The molecule has 0 aliphatic heterocycles. The largest absolute Gasteiger partial charge is 0.485 e. The monoisotopic (exact) mass is 291 g/mol. The number of hydrogen-bond donors (Lipinski definition) is 1. The van der Waals surface area contributed by atoms with Crippen molar-refractivity contribution in [2.24, 2.45) is 0 Å². The van der Waals surface area contributed by atoms with Crippen LogP contribution in [-0.2, 0) is 11.2 Å². The molecule has 0 spiro atoms. The first-order valence-electron chi connectivity index (χ1n) is 5.93. The van der Waals surface area contributed by atoms with Gasteiger partial charge in [-0.2, -0.15) is 0 Å². The van der Waals surface area contributed by atoms with Crippen LogP contribution in [-0.4, -0.2) is 28.4 Å². The molecule has 20 heavy (non-hydrogen) atoms. The highest BCUT2D eigenvalue weighted by molar-refractivity contribution is 7.11. The van der Waals surface area contributed by atoms with E-state index in [-0.39, 0.29) is 23.8 Å². The number of nitrogens with zero attached hydrogens (tertiary/aromatic N) is 1. The van der Waals surface area contributed by atoms with E-state index in [0.717, 1.165) is 16.9 Å². The second-order valence-electron chi connectivity index (χ2n) is 4.24. The van der Waals surface area contributed by atoms with Gasteiger partial charge in [0, 0.05) is 5.38 Å². The van der Waals surface area contributed by atoms with Gasteiger partial charge in [0.2, 0.25) is 5.78 Å². The zero-order valence-electron chi connectivity index (χ0n) is 10.8. The quantitative estimate of drug-likeness (QED) is 0.827. The van der Waals surface area contributed by atoms with Crippen molar-refractivity contribution in [2.75, 3.05) is 6.61 Å². The van der Waals surface area contributed by atoms with E-state index in [1.807, 2.05) is 25.1 Å². The summed E-state index contributed by atoms with van der Waals surface area (Å²) in [5.74, 6) is -0.598. The Morgan fingerprint density at radius 2 is 2.20 bits per heavy atom. The molecule has 104 valence electrons. The lowest BCUT2D eigenvalue weighted by molar-refractivity contribution is -0.136. The summed E-state index contributed by atoms with van der Waals surface area (Å²) in [4.78, 5) is 26.4. The maximum absolute atomic E-state index is 11.9. The number of rotatable bonds is 6. The van der Waals surface area contributed by atoms with Gasteiger partial charge in [0.25, 0.3) is 0 Å². The average Bonchev–Trinajstić information content (AvgIpc) is 2.84. The molecule has 0 amide bonds. The molecule has 0 radical (unpaired) electrons. The normalized spacial score (nSPS) is 10.2. The lowest BCUT2D eigenvalue weighted by atomic mass is 10.2. The third-order valence-electron chi connectivity index (χ3n) is 2.48. The highest BCUT2D eigenvalue weighted by atomic mass is 32.1. The maximum atomic E-state index is 11.9. The first-order chi connectivity index (χ1) is 9.54. The fourth-order valence-corrected chi connectivity index (χ4v) is 2.33. The Bertz CT molecular complexity index is 636. The number of carboxylic acid groups (broad SMARTS) is 1. The highest BCUT2D eigenvalue weighted by Gasteiger charge is 2.13. The lowest BCUT2D eigenvalue weighted by Crippen LogP contribution is -2.11. The standard InChI is InChI=1S/C14H13NO4S/c1-9-3-2-4-11(5-9)19-7-12(16)14-15-10(8-20-14)6-13(17)18/h2-5,8H,6-7H2,1H3,(H,17,18). The number of benzene rings is 1. The lowest BCUT2D eigenvalue weighted by Gasteiger charge is -2.04. The summed E-state index contributed by atoms with van der Waals surface area (Å²) in [6.07, 6.45) is -0.178. The number of thiazole rings is 1. The van der Waals surface area contributed by atoms with Gasteiger partial charge >= 0.3 is 5.97 Å². The molecule has 5 nitrogen and oxygen atoms in total. The number of carbonyl (C=O) groups is 2. The zero-order chi connectivity index (χ0) is 14.5. The number of carboxylic acids is 1. The molecule has 1 N–H and O–H groups in total. The van der Waals surface area contributed by atoms with Crippen molar-refractivity contribution in [2.45, 2.75) is 13.3 Å². The summed E-state index contributed by atoms with van der Waals surface area (Å²) >= 11 is 1.13. The Kier molecular flexibility index (Phi) is 4.47. The van der Waals surface area contributed by atoms with Gasteiger partial charge in [-0.15, -0.1) is 11.3 Å². The summed E-state index contributed by atoms with van der Waals surface area (Å²) in [7, 11) is 0. The molecule has 0 aliphatic carbocycles. The van der Waals surface area contributed by atoms with Gasteiger partial charge in [-0.25, -0.2) is 4.98 Å². The van der Waals surface area contributed by atoms with Gasteiger partial charge in [0.05, 0.1) is 12.1 Å². The van der Waals surface area contributed by atoms with E-state index in [1.54, 1.807) is 11.4 Å². The summed E-state index contributed by atoms with van der Waals surface area (Å²) in [5, 5.41) is 10.5. The number of aryl methyl sites for hydroxylation is 1. The van der Waals surface area contributed by atoms with Gasteiger partial charge in [-0.3, -0.25) is 9.59 Å². The Labute approximate surface area is 119 Å². The van der Waals surface area contributed by atoms with Crippen LogP contribution in [0.25, 0.3) is 0 Å². The molecule has 0 saturated carbocycles. The average molecular weight is 291 g/mol. The molecule has 0 unspecified atom stereocenters. The van der Waals surface area contributed by atoms with Gasteiger partial charge < -0.3 is 9.84 Å². The Morgan fingerprint density at radius 3 is 2.90 bits per heavy atom. The number of aromatic nitrogens is 1. The molecular weight excluding hydrogens is 278 g/mol. The number of hydrogen-bond acceptors (Lipinski definition) is 5. The van der Waals surface area contributed by atoms with E-state index < -0.39 is 5.97 Å². The third-order valence-corrected chi connectivity index (χ3v) is 3.41. The molecule has 0 atom stereocenters. The van der Waals surface area contributed by atoms with E-state index in [1.165, 1.54) is 0 Å².